The van der Waals surface area contributed by atoms with Crippen LogP contribution in [0.2, 0.25) is 19.6 Å². The van der Waals surface area contributed by atoms with Gasteiger partial charge in [0.1, 0.15) is 0 Å². The summed E-state index contributed by atoms with van der Waals surface area (Å²) in [4.78, 5) is 14.0. The van der Waals surface area contributed by atoms with Crippen LogP contribution >= 0.6 is 0 Å². The number of methoxy groups -OCH3 is 1. The maximum Gasteiger partial charge on any atom is 0.409 e. The molecule has 0 fully saturated rings. The van der Waals surface area contributed by atoms with Gasteiger partial charge in [0.05, 0.1) is 15.2 Å². The van der Waals surface area contributed by atoms with Crippen LogP contribution in [0.3, 0.4) is 0 Å². The molecule has 0 heterocycles. The van der Waals surface area contributed by atoms with Crippen LogP contribution in [0.5, 0.6) is 0 Å². The number of hydrogen-bond donors (Lipinski definition) is 0. The molecular weight excluding hydrogens is 266 g/mol. The molecule has 1 atom stereocenters. The van der Waals surface area contributed by atoms with E-state index in [0.29, 0.717) is 5.67 Å². The highest BCUT2D eigenvalue weighted by atomic mass is 28.3. The Balaban J connectivity index is 2.82. The first-order valence-corrected chi connectivity index (χ1v) is 10.9. The lowest BCUT2D eigenvalue weighted by Crippen LogP contribution is -2.53. The van der Waals surface area contributed by atoms with Gasteiger partial charge in [-0.1, -0.05) is 56.9 Å². The van der Waals surface area contributed by atoms with Gasteiger partial charge in [0, 0.05) is 12.2 Å². The Labute approximate surface area is 123 Å². The molecule has 3 nitrogen and oxygen atoms in total. The van der Waals surface area contributed by atoms with Gasteiger partial charge in [-0.3, -0.25) is 0 Å². The van der Waals surface area contributed by atoms with Gasteiger partial charge in [-0.2, -0.15) is 0 Å². The van der Waals surface area contributed by atoms with Gasteiger partial charge in [-0.25, -0.2) is 4.79 Å². The van der Waals surface area contributed by atoms with Gasteiger partial charge in [-0.15, -0.1) is 0 Å². The number of rotatable bonds is 6. The van der Waals surface area contributed by atoms with Crippen molar-refractivity contribution in [1.82, 2.24) is 4.90 Å². The Morgan fingerprint density at radius 2 is 1.85 bits per heavy atom. The first kappa shape index (κ1) is 16.8. The summed E-state index contributed by atoms with van der Waals surface area (Å²) < 4.78 is 4.99. The zero-order valence-electron chi connectivity index (χ0n) is 13.3. The first-order valence-electron chi connectivity index (χ1n) is 7.28. The second-order valence-corrected chi connectivity index (χ2v) is 11.6. The van der Waals surface area contributed by atoms with Gasteiger partial charge in [0.15, 0.2) is 0 Å². The third-order valence-electron chi connectivity index (χ3n) is 3.66. The lowest BCUT2D eigenvalue weighted by Gasteiger charge is -2.37. The minimum atomic E-state index is -1.44. The van der Waals surface area contributed by atoms with Crippen molar-refractivity contribution in [2.75, 3.05) is 13.7 Å². The number of amides is 1. The van der Waals surface area contributed by atoms with Crippen LogP contribution in [0.15, 0.2) is 30.3 Å². The second kappa shape index (κ2) is 7.48. The van der Waals surface area contributed by atoms with Crippen molar-refractivity contribution in [3.05, 3.63) is 35.9 Å². The van der Waals surface area contributed by atoms with Crippen LogP contribution in [0.25, 0.3) is 0 Å². The van der Waals surface area contributed by atoms with E-state index in [4.69, 9.17) is 4.74 Å². The number of carbonyl (C=O) groups is 1. The quantitative estimate of drug-likeness (QED) is 0.743. The molecule has 1 amide bonds. The smallest absolute Gasteiger partial charge is 0.409 e. The highest BCUT2D eigenvalue weighted by Gasteiger charge is 2.33. The summed E-state index contributed by atoms with van der Waals surface area (Å²) in [6, 6.07) is 10.3. The average Bonchev–Trinajstić information content (AvgIpc) is 2.42. The molecule has 0 aliphatic heterocycles. The first-order chi connectivity index (χ1) is 9.40. The van der Waals surface area contributed by atoms with Crippen LogP contribution in [0.1, 0.15) is 18.9 Å². The zero-order valence-corrected chi connectivity index (χ0v) is 14.3. The molecule has 1 unspecified atom stereocenters. The molecular formula is C16H27NO2Si. The van der Waals surface area contributed by atoms with Crippen molar-refractivity contribution in [2.45, 2.75) is 45.1 Å². The second-order valence-electron chi connectivity index (χ2n) is 6.19. The average molecular weight is 293 g/mol. The van der Waals surface area contributed by atoms with Crippen molar-refractivity contribution >= 4 is 14.2 Å². The number of hydrogen-bond acceptors (Lipinski definition) is 2. The van der Waals surface area contributed by atoms with E-state index in [1.165, 1.54) is 12.7 Å². The van der Waals surface area contributed by atoms with Crippen LogP contribution in [-0.4, -0.2) is 38.4 Å². The molecule has 1 rings (SSSR count). The molecule has 0 spiro atoms. The molecule has 0 aromatic heterocycles. The fourth-order valence-corrected chi connectivity index (χ4v) is 5.08. The molecule has 0 N–H and O–H groups in total. The van der Waals surface area contributed by atoms with E-state index >= 15 is 0 Å². The number of nitrogens with zero attached hydrogens (tertiary/aromatic N) is 1. The van der Waals surface area contributed by atoms with E-state index in [1.54, 1.807) is 0 Å². The van der Waals surface area contributed by atoms with Gasteiger partial charge in [0.25, 0.3) is 0 Å². The fraction of sp³-hybridized carbons (Fsp3) is 0.562. The summed E-state index contributed by atoms with van der Waals surface area (Å²) in [5, 5.41) is 0. The van der Waals surface area contributed by atoms with Crippen LogP contribution in [-0.2, 0) is 11.2 Å². The maximum atomic E-state index is 12.1. The van der Waals surface area contributed by atoms with Gasteiger partial charge < -0.3 is 9.64 Å². The maximum absolute atomic E-state index is 12.1. The molecule has 0 aliphatic rings. The summed E-state index contributed by atoms with van der Waals surface area (Å²) in [7, 11) is 0.0252. The van der Waals surface area contributed by atoms with Crippen LogP contribution in [0, 0.1) is 0 Å². The summed E-state index contributed by atoms with van der Waals surface area (Å²) in [5.41, 5.74) is 1.57. The lowest BCUT2D eigenvalue weighted by atomic mass is 10.1. The number of carbonyl (C=O) groups excluding carboxylic acids is 1. The highest BCUT2D eigenvalue weighted by molar-refractivity contribution is 6.77. The summed E-state index contributed by atoms with van der Waals surface area (Å²) in [6.45, 7) is 9.79. The Morgan fingerprint density at radius 1 is 1.25 bits per heavy atom. The third-order valence-corrected chi connectivity index (χ3v) is 6.38. The Kier molecular flexibility index (Phi) is 6.27. The van der Waals surface area contributed by atoms with E-state index in [0.717, 1.165) is 19.4 Å². The molecule has 0 bridgehead atoms. The normalized spacial score (nSPS) is 12.8. The summed E-state index contributed by atoms with van der Waals surface area (Å²) in [5.74, 6) is 0. The van der Waals surface area contributed by atoms with E-state index in [2.05, 4.69) is 38.7 Å². The molecule has 4 heteroatoms. The molecule has 1 aromatic carbocycles. The Hall–Kier alpha value is -1.29. The SMILES string of the molecule is CCC(N(CCc1ccccc1)C(=O)OC)[Si](C)(C)C. The molecule has 0 saturated heterocycles. The summed E-state index contributed by atoms with van der Waals surface area (Å²) in [6.07, 6.45) is 1.66. The largest absolute Gasteiger partial charge is 0.453 e. The van der Waals surface area contributed by atoms with Gasteiger partial charge in [0.2, 0.25) is 0 Å². The Morgan fingerprint density at radius 3 is 2.30 bits per heavy atom. The predicted molar refractivity (Wildman–Crippen MR) is 86.7 cm³/mol. The van der Waals surface area contributed by atoms with Crippen molar-refractivity contribution in [3.8, 4) is 0 Å². The van der Waals surface area contributed by atoms with Crippen molar-refractivity contribution in [2.24, 2.45) is 0 Å². The van der Waals surface area contributed by atoms with Crippen molar-refractivity contribution < 1.29 is 9.53 Å². The monoisotopic (exact) mass is 293 g/mol. The van der Waals surface area contributed by atoms with Crippen LogP contribution < -0.4 is 0 Å². The fourth-order valence-electron chi connectivity index (χ4n) is 2.69. The predicted octanol–water partition coefficient (Wildman–Crippen LogP) is 3.95. The topological polar surface area (TPSA) is 29.5 Å². The number of ether oxygens (including phenoxy) is 1. The third kappa shape index (κ3) is 4.67. The number of benzene rings is 1. The molecule has 0 saturated carbocycles. The zero-order chi connectivity index (χ0) is 15.2. The van der Waals surface area contributed by atoms with E-state index in [1.807, 2.05) is 23.1 Å². The Bertz CT molecular complexity index is 414. The van der Waals surface area contributed by atoms with E-state index < -0.39 is 8.07 Å². The molecule has 0 radical (unpaired) electrons. The van der Waals surface area contributed by atoms with Gasteiger partial charge >= 0.3 is 6.09 Å². The molecule has 20 heavy (non-hydrogen) atoms. The van der Waals surface area contributed by atoms with Crippen LogP contribution in [0.4, 0.5) is 4.79 Å². The summed E-state index contributed by atoms with van der Waals surface area (Å²) >= 11 is 0. The highest BCUT2D eigenvalue weighted by Crippen LogP contribution is 2.19. The minimum absolute atomic E-state index is 0.199. The molecule has 1 aromatic rings. The molecule has 0 aliphatic carbocycles. The van der Waals surface area contributed by atoms with E-state index in [9.17, 15) is 4.79 Å². The minimum Gasteiger partial charge on any atom is -0.453 e. The van der Waals surface area contributed by atoms with Gasteiger partial charge in [-0.05, 0) is 18.4 Å². The lowest BCUT2D eigenvalue weighted by molar-refractivity contribution is 0.116. The van der Waals surface area contributed by atoms with Crippen molar-refractivity contribution in [3.63, 3.8) is 0 Å². The van der Waals surface area contributed by atoms with Crippen molar-refractivity contribution in [1.29, 1.82) is 0 Å². The standard InChI is InChI=1S/C16H27NO2Si/c1-6-15(20(3,4)5)17(16(18)19-2)13-12-14-10-8-7-9-11-14/h7-11,15H,6,12-13H2,1-5H3. The van der Waals surface area contributed by atoms with E-state index in [-0.39, 0.29) is 6.09 Å². The molecule has 112 valence electrons.